The first-order chi connectivity index (χ1) is 8.58. The summed E-state index contributed by atoms with van der Waals surface area (Å²) in [6, 6.07) is 13.6. The average Bonchev–Trinajstić information content (AvgIpc) is 2.39. The van der Waals surface area contributed by atoms with Gasteiger partial charge in [0.25, 0.3) is 0 Å². The molecule has 3 N–H and O–H groups in total. The summed E-state index contributed by atoms with van der Waals surface area (Å²) in [7, 11) is 0. The van der Waals surface area contributed by atoms with Crippen LogP contribution >= 0.6 is 23.2 Å². The Bertz CT molecular complexity index is 461. The molecule has 2 aromatic rings. The monoisotopic (exact) mass is 281 g/mol. The molecule has 18 heavy (non-hydrogen) atoms. The number of hydrogen-bond acceptors (Lipinski definition) is 2. The van der Waals surface area contributed by atoms with Crippen molar-refractivity contribution in [3.05, 3.63) is 69.7 Å². The number of rotatable bonds is 3. The third-order valence-electron chi connectivity index (χ3n) is 2.81. The highest BCUT2D eigenvalue weighted by Crippen LogP contribution is 2.28. The normalized spacial score (nSPS) is 14.2. The molecule has 0 amide bonds. The van der Waals surface area contributed by atoms with E-state index in [2.05, 4.69) is 0 Å². The summed E-state index contributed by atoms with van der Waals surface area (Å²) in [5.41, 5.74) is 7.61. The van der Waals surface area contributed by atoms with Gasteiger partial charge in [-0.15, -0.1) is 0 Å². The van der Waals surface area contributed by atoms with E-state index in [1.807, 2.05) is 12.1 Å². The Labute approximate surface area is 116 Å². The molecule has 0 unspecified atom stereocenters. The number of benzene rings is 2. The summed E-state index contributed by atoms with van der Waals surface area (Å²) in [6.45, 7) is 0. The quantitative estimate of drug-likeness (QED) is 0.901. The van der Waals surface area contributed by atoms with Crippen molar-refractivity contribution < 1.29 is 5.11 Å². The Kier molecular flexibility index (Phi) is 4.25. The van der Waals surface area contributed by atoms with E-state index in [4.69, 9.17) is 28.9 Å². The third kappa shape index (κ3) is 3.03. The van der Waals surface area contributed by atoms with Gasteiger partial charge in [-0.1, -0.05) is 47.5 Å². The minimum absolute atomic E-state index is 0.497. The molecule has 0 aliphatic heterocycles. The molecule has 0 saturated carbocycles. The van der Waals surface area contributed by atoms with Crippen LogP contribution in [0, 0.1) is 0 Å². The van der Waals surface area contributed by atoms with Crippen LogP contribution in [0.2, 0.25) is 10.0 Å². The molecule has 0 bridgehead atoms. The van der Waals surface area contributed by atoms with Crippen molar-refractivity contribution in [1.29, 1.82) is 0 Å². The first-order valence-corrected chi connectivity index (χ1v) is 6.28. The van der Waals surface area contributed by atoms with E-state index in [0.717, 1.165) is 11.1 Å². The zero-order chi connectivity index (χ0) is 13.1. The van der Waals surface area contributed by atoms with Crippen LogP contribution < -0.4 is 5.73 Å². The second-order valence-electron chi connectivity index (χ2n) is 4.07. The lowest BCUT2D eigenvalue weighted by Gasteiger charge is -2.19. The van der Waals surface area contributed by atoms with E-state index in [0.29, 0.717) is 10.0 Å². The van der Waals surface area contributed by atoms with E-state index in [1.54, 1.807) is 36.4 Å². The zero-order valence-corrected chi connectivity index (χ0v) is 11.1. The van der Waals surface area contributed by atoms with Gasteiger partial charge in [-0.25, -0.2) is 0 Å². The van der Waals surface area contributed by atoms with E-state index in [-0.39, 0.29) is 0 Å². The standard InChI is InChI=1S/C14H13Cl2NO/c15-11-5-1-9(2-6-11)13(17)14(18)10-3-7-12(16)8-4-10/h1-8,13-14,18H,17H2/t13-,14+/m0/s1. The molecule has 0 heterocycles. The first-order valence-electron chi connectivity index (χ1n) is 5.52. The van der Waals surface area contributed by atoms with Gasteiger partial charge in [-0.3, -0.25) is 0 Å². The Morgan fingerprint density at radius 2 is 1.17 bits per heavy atom. The maximum absolute atomic E-state index is 10.2. The van der Waals surface area contributed by atoms with E-state index < -0.39 is 12.1 Å². The highest BCUT2D eigenvalue weighted by Gasteiger charge is 2.18. The van der Waals surface area contributed by atoms with Gasteiger partial charge in [0.1, 0.15) is 0 Å². The minimum atomic E-state index is -0.775. The lowest BCUT2D eigenvalue weighted by Crippen LogP contribution is -2.19. The topological polar surface area (TPSA) is 46.2 Å². The second-order valence-corrected chi connectivity index (χ2v) is 4.95. The summed E-state index contributed by atoms with van der Waals surface area (Å²) in [5.74, 6) is 0. The van der Waals surface area contributed by atoms with Crippen molar-refractivity contribution in [2.24, 2.45) is 5.73 Å². The summed E-state index contributed by atoms with van der Waals surface area (Å²) in [4.78, 5) is 0. The first kappa shape index (κ1) is 13.4. The largest absolute Gasteiger partial charge is 0.386 e. The Morgan fingerprint density at radius 1 is 0.778 bits per heavy atom. The predicted octanol–water partition coefficient (Wildman–Crippen LogP) is 3.73. The maximum Gasteiger partial charge on any atom is 0.0982 e. The molecular formula is C14H13Cl2NO. The lowest BCUT2D eigenvalue weighted by atomic mass is 9.97. The molecule has 2 rings (SSSR count). The molecular weight excluding hydrogens is 269 g/mol. The van der Waals surface area contributed by atoms with Crippen LogP contribution in [0.3, 0.4) is 0 Å². The number of halogens is 2. The fraction of sp³-hybridized carbons (Fsp3) is 0.143. The second kappa shape index (κ2) is 5.72. The smallest absolute Gasteiger partial charge is 0.0982 e. The Morgan fingerprint density at radius 3 is 1.61 bits per heavy atom. The van der Waals surface area contributed by atoms with Gasteiger partial charge in [0.15, 0.2) is 0 Å². The average molecular weight is 282 g/mol. The number of hydrogen-bond donors (Lipinski definition) is 2. The molecule has 0 spiro atoms. The third-order valence-corrected chi connectivity index (χ3v) is 3.31. The Hall–Kier alpha value is -1.06. The molecule has 0 aromatic heterocycles. The molecule has 0 aliphatic carbocycles. The lowest BCUT2D eigenvalue weighted by molar-refractivity contribution is 0.147. The predicted molar refractivity (Wildman–Crippen MR) is 74.8 cm³/mol. The van der Waals surface area contributed by atoms with Gasteiger partial charge in [-0.2, -0.15) is 0 Å². The van der Waals surface area contributed by atoms with Crippen LogP contribution in [0.1, 0.15) is 23.3 Å². The van der Waals surface area contributed by atoms with Gasteiger partial charge in [0, 0.05) is 10.0 Å². The van der Waals surface area contributed by atoms with Crippen LogP contribution in [0.4, 0.5) is 0 Å². The van der Waals surface area contributed by atoms with E-state index in [1.165, 1.54) is 0 Å². The number of aliphatic hydroxyl groups is 1. The van der Waals surface area contributed by atoms with Gasteiger partial charge < -0.3 is 10.8 Å². The van der Waals surface area contributed by atoms with Crippen molar-refractivity contribution >= 4 is 23.2 Å². The van der Waals surface area contributed by atoms with Crippen molar-refractivity contribution in [3.8, 4) is 0 Å². The summed E-state index contributed by atoms with van der Waals surface area (Å²) >= 11 is 11.6. The molecule has 0 fully saturated rings. The Balaban J connectivity index is 2.20. The minimum Gasteiger partial charge on any atom is -0.386 e. The molecule has 0 radical (unpaired) electrons. The van der Waals surface area contributed by atoms with Crippen molar-refractivity contribution in [3.63, 3.8) is 0 Å². The van der Waals surface area contributed by atoms with Gasteiger partial charge in [-0.05, 0) is 35.4 Å². The number of aliphatic hydroxyl groups excluding tert-OH is 1. The van der Waals surface area contributed by atoms with Crippen molar-refractivity contribution in [1.82, 2.24) is 0 Å². The number of nitrogens with two attached hydrogens (primary N) is 1. The molecule has 2 atom stereocenters. The molecule has 4 heteroatoms. The summed E-state index contributed by atoms with van der Waals surface area (Å²) < 4.78 is 0. The van der Waals surface area contributed by atoms with Crippen molar-refractivity contribution in [2.75, 3.05) is 0 Å². The fourth-order valence-corrected chi connectivity index (χ4v) is 1.99. The van der Waals surface area contributed by atoms with Crippen molar-refractivity contribution in [2.45, 2.75) is 12.1 Å². The van der Waals surface area contributed by atoms with Crippen LogP contribution in [-0.4, -0.2) is 5.11 Å². The van der Waals surface area contributed by atoms with Gasteiger partial charge >= 0.3 is 0 Å². The van der Waals surface area contributed by atoms with Crippen LogP contribution in [0.15, 0.2) is 48.5 Å². The highest BCUT2D eigenvalue weighted by molar-refractivity contribution is 6.30. The molecule has 2 aromatic carbocycles. The van der Waals surface area contributed by atoms with Crippen LogP contribution in [0.5, 0.6) is 0 Å². The molecule has 0 saturated heterocycles. The molecule has 94 valence electrons. The van der Waals surface area contributed by atoms with Crippen LogP contribution in [0.25, 0.3) is 0 Å². The van der Waals surface area contributed by atoms with E-state index >= 15 is 0 Å². The zero-order valence-electron chi connectivity index (χ0n) is 9.55. The highest BCUT2D eigenvalue weighted by atomic mass is 35.5. The van der Waals surface area contributed by atoms with Crippen LogP contribution in [-0.2, 0) is 0 Å². The summed E-state index contributed by atoms with van der Waals surface area (Å²) in [6.07, 6.45) is -0.775. The summed E-state index contributed by atoms with van der Waals surface area (Å²) in [5, 5.41) is 11.5. The molecule has 0 aliphatic rings. The van der Waals surface area contributed by atoms with Gasteiger partial charge in [0.05, 0.1) is 12.1 Å². The SMILES string of the molecule is N[C@@H](c1ccc(Cl)cc1)[C@H](O)c1ccc(Cl)cc1. The van der Waals surface area contributed by atoms with E-state index in [9.17, 15) is 5.11 Å². The molecule has 2 nitrogen and oxygen atoms in total. The fourth-order valence-electron chi connectivity index (χ4n) is 1.73. The van der Waals surface area contributed by atoms with Gasteiger partial charge in [0.2, 0.25) is 0 Å². The maximum atomic E-state index is 10.2.